The fourth-order valence-corrected chi connectivity index (χ4v) is 1.00. The van der Waals surface area contributed by atoms with E-state index in [1.54, 1.807) is 7.05 Å². The molecule has 0 fully saturated rings. The zero-order chi connectivity index (χ0) is 12.0. The van der Waals surface area contributed by atoms with Crippen molar-refractivity contribution in [2.24, 2.45) is 0 Å². The van der Waals surface area contributed by atoms with E-state index < -0.39 is 11.9 Å². The van der Waals surface area contributed by atoms with Crippen molar-refractivity contribution in [1.29, 1.82) is 0 Å². The van der Waals surface area contributed by atoms with E-state index in [4.69, 9.17) is 0 Å². The van der Waals surface area contributed by atoms with Gasteiger partial charge in [-0.05, 0) is 25.1 Å². The van der Waals surface area contributed by atoms with Crippen molar-refractivity contribution in [2.75, 3.05) is 13.6 Å². The van der Waals surface area contributed by atoms with Gasteiger partial charge in [0.25, 0.3) is 0 Å². The van der Waals surface area contributed by atoms with Gasteiger partial charge in [-0.2, -0.15) is 13.2 Å². The Morgan fingerprint density at radius 2 is 2.12 bits per heavy atom. The molecule has 0 unspecified atom stereocenters. The summed E-state index contributed by atoms with van der Waals surface area (Å²) in [5.41, 5.74) is -0.765. The van der Waals surface area contributed by atoms with Crippen molar-refractivity contribution in [3.8, 4) is 11.8 Å². The third-order valence-electron chi connectivity index (χ3n) is 1.76. The standard InChI is InChI=1S/C11H11F3N2/c1-15-8-3-2-5-9-6-4-7-10(16-9)11(12,13)14/h4,6-7,15H,3,8H2,1H3. The van der Waals surface area contributed by atoms with Crippen LogP contribution in [0.25, 0.3) is 0 Å². The Balaban J connectivity index is 2.78. The average molecular weight is 228 g/mol. The first kappa shape index (κ1) is 12.5. The Bertz CT molecular complexity index is 402. The fraction of sp³-hybridized carbons (Fsp3) is 0.364. The van der Waals surface area contributed by atoms with Crippen molar-refractivity contribution in [2.45, 2.75) is 12.6 Å². The fourth-order valence-electron chi connectivity index (χ4n) is 1.00. The van der Waals surface area contributed by atoms with E-state index in [-0.39, 0.29) is 5.69 Å². The highest BCUT2D eigenvalue weighted by molar-refractivity contribution is 5.29. The SMILES string of the molecule is CNCCC#Cc1cccc(C(F)(F)F)n1. The molecule has 1 heterocycles. The van der Waals surface area contributed by atoms with Gasteiger partial charge in [0.1, 0.15) is 11.4 Å². The van der Waals surface area contributed by atoms with Gasteiger partial charge >= 0.3 is 6.18 Å². The Kier molecular flexibility index (Phi) is 4.32. The van der Waals surface area contributed by atoms with Gasteiger partial charge in [0.15, 0.2) is 0 Å². The van der Waals surface area contributed by atoms with Crippen LogP contribution in [0.2, 0.25) is 0 Å². The number of hydrogen-bond acceptors (Lipinski definition) is 2. The van der Waals surface area contributed by atoms with E-state index in [9.17, 15) is 13.2 Å². The molecule has 0 saturated carbocycles. The molecule has 0 spiro atoms. The second-order valence-corrected chi connectivity index (χ2v) is 3.06. The summed E-state index contributed by atoms with van der Waals surface area (Å²) in [4.78, 5) is 3.42. The molecule has 1 rings (SSSR count). The Labute approximate surface area is 91.9 Å². The molecule has 0 aliphatic carbocycles. The lowest BCUT2D eigenvalue weighted by molar-refractivity contribution is -0.141. The molecule has 5 heteroatoms. The molecule has 16 heavy (non-hydrogen) atoms. The summed E-state index contributed by atoms with van der Waals surface area (Å²) in [5.74, 6) is 5.33. The van der Waals surface area contributed by atoms with Gasteiger partial charge in [0.05, 0.1) is 0 Å². The molecule has 0 radical (unpaired) electrons. The highest BCUT2D eigenvalue weighted by atomic mass is 19.4. The van der Waals surface area contributed by atoms with Crippen LogP contribution in [0.3, 0.4) is 0 Å². The van der Waals surface area contributed by atoms with Crippen LogP contribution in [-0.4, -0.2) is 18.6 Å². The maximum absolute atomic E-state index is 12.3. The first-order chi connectivity index (χ1) is 7.54. The topological polar surface area (TPSA) is 24.9 Å². The zero-order valence-corrected chi connectivity index (χ0v) is 8.73. The predicted octanol–water partition coefficient (Wildman–Crippen LogP) is 2.06. The Morgan fingerprint density at radius 3 is 2.75 bits per heavy atom. The molecule has 0 bridgehead atoms. The molecule has 0 atom stereocenters. The van der Waals surface area contributed by atoms with Crippen LogP contribution in [0.15, 0.2) is 18.2 Å². The number of pyridine rings is 1. The van der Waals surface area contributed by atoms with E-state index in [1.807, 2.05) is 0 Å². The molecule has 0 amide bonds. The van der Waals surface area contributed by atoms with Crippen molar-refractivity contribution in [1.82, 2.24) is 10.3 Å². The van der Waals surface area contributed by atoms with Crippen molar-refractivity contribution >= 4 is 0 Å². The molecule has 1 aromatic heterocycles. The minimum absolute atomic E-state index is 0.144. The van der Waals surface area contributed by atoms with Crippen LogP contribution in [0.4, 0.5) is 13.2 Å². The lowest BCUT2D eigenvalue weighted by Gasteiger charge is -2.04. The van der Waals surface area contributed by atoms with Gasteiger partial charge < -0.3 is 5.32 Å². The first-order valence-corrected chi connectivity index (χ1v) is 4.72. The molecular weight excluding hydrogens is 217 g/mol. The summed E-state index contributed by atoms with van der Waals surface area (Å²) < 4.78 is 36.9. The van der Waals surface area contributed by atoms with E-state index in [0.717, 1.165) is 6.07 Å². The van der Waals surface area contributed by atoms with Gasteiger partial charge in [-0.15, -0.1) is 0 Å². The maximum Gasteiger partial charge on any atom is 0.433 e. The second kappa shape index (κ2) is 5.52. The predicted molar refractivity (Wildman–Crippen MR) is 54.7 cm³/mol. The van der Waals surface area contributed by atoms with Gasteiger partial charge in [0, 0.05) is 13.0 Å². The third kappa shape index (κ3) is 3.91. The van der Waals surface area contributed by atoms with Crippen LogP contribution in [-0.2, 0) is 6.18 Å². The Hall–Kier alpha value is -1.54. The third-order valence-corrected chi connectivity index (χ3v) is 1.76. The lowest BCUT2D eigenvalue weighted by Crippen LogP contribution is -2.08. The van der Waals surface area contributed by atoms with E-state index >= 15 is 0 Å². The summed E-state index contributed by atoms with van der Waals surface area (Å²) in [5, 5.41) is 2.89. The van der Waals surface area contributed by atoms with E-state index in [2.05, 4.69) is 22.1 Å². The maximum atomic E-state index is 12.3. The van der Waals surface area contributed by atoms with Crippen molar-refractivity contribution in [3.05, 3.63) is 29.6 Å². The van der Waals surface area contributed by atoms with Crippen LogP contribution in [0, 0.1) is 11.8 Å². The molecule has 0 aromatic carbocycles. The van der Waals surface area contributed by atoms with Crippen LogP contribution >= 0.6 is 0 Å². The summed E-state index contributed by atoms with van der Waals surface area (Å²) >= 11 is 0. The molecule has 1 N–H and O–H groups in total. The number of aromatic nitrogens is 1. The van der Waals surface area contributed by atoms with Crippen molar-refractivity contribution in [3.63, 3.8) is 0 Å². The van der Waals surface area contributed by atoms with Gasteiger partial charge in [-0.3, -0.25) is 0 Å². The van der Waals surface area contributed by atoms with Gasteiger partial charge in [0.2, 0.25) is 0 Å². The quantitative estimate of drug-likeness (QED) is 0.619. The minimum Gasteiger partial charge on any atom is -0.319 e. The molecule has 1 aromatic rings. The van der Waals surface area contributed by atoms with E-state index in [0.29, 0.717) is 13.0 Å². The summed E-state index contributed by atoms with van der Waals surface area (Å²) in [6, 6.07) is 3.69. The minimum atomic E-state index is -4.41. The highest BCUT2D eigenvalue weighted by Crippen LogP contribution is 2.27. The molecule has 86 valence electrons. The largest absolute Gasteiger partial charge is 0.433 e. The number of nitrogens with zero attached hydrogens (tertiary/aromatic N) is 1. The van der Waals surface area contributed by atoms with Crippen molar-refractivity contribution < 1.29 is 13.2 Å². The smallest absolute Gasteiger partial charge is 0.319 e. The molecular formula is C11H11F3N2. The number of rotatable bonds is 2. The van der Waals surface area contributed by atoms with Crippen LogP contribution in [0.5, 0.6) is 0 Å². The summed E-state index contributed by atoms with van der Waals surface area (Å²) in [6.07, 6.45) is -3.84. The van der Waals surface area contributed by atoms with Gasteiger partial charge in [-0.1, -0.05) is 12.0 Å². The number of halogens is 3. The second-order valence-electron chi connectivity index (χ2n) is 3.06. The zero-order valence-electron chi connectivity index (χ0n) is 8.73. The molecule has 2 nitrogen and oxygen atoms in total. The van der Waals surface area contributed by atoms with Crippen LogP contribution < -0.4 is 5.32 Å². The molecule has 0 aliphatic rings. The van der Waals surface area contributed by atoms with E-state index in [1.165, 1.54) is 12.1 Å². The van der Waals surface area contributed by atoms with Gasteiger partial charge in [-0.25, -0.2) is 4.98 Å². The normalized spacial score (nSPS) is 10.8. The highest BCUT2D eigenvalue weighted by Gasteiger charge is 2.32. The number of nitrogens with one attached hydrogen (secondary N) is 1. The lowest BCUT2D eigenvalue weighted by atomic mass is 10.3. The average Bonchev–Trinajstić information content (AvgIpc) is 2.24. The molecule has 0 saturated heterocycles. The number of hydrogen-bond donors (Lipinski definition) is 1. The first-order valence-electron chi connectivity index (χ1n) is 4.72. The van der Waals surface area contributed by atoms with Crippen LogP contribution in [0.1, 0.15) is 17.8 Å². The Morgan fingerprint density at radius 1 is 1.38 bits per heavy atom. The summed E-state index contributed by atoms with van der Waals surface area (Å²) in [7, 11) is 1.78. The summed E-state index contributed by atoms with van der Waals surface area (Å²) in [6.45, 7) is 0.700. The monoisotopic (exact) mass is 228 g/mol. The number of alkyl halides is 3. The molecule has 0 aliphatic heterocycles.